The van der Waals surface area contributed by atoms with Gasteiger partial charge in [-0.1, -0.05) is 17.7 Å². The van der Waals surface area contributed by atoms with Crippen LogP contribution in [0.4, 0.5) is 10.1 Å². The van der Waals surface area contributed by atoms with Crippen molar-refractivity contribution < 1.29 is 23.5 Å². The van der Waals surface area contributed by atoms with Crippen molar-refractivity contribution in [2.24, 2.45) is 0 Å². The van der Waals surface area contributed by atoms with Crippen LogP contribution in [0.2, 0.25) is 5.02 Å². The van der Waals surface area contributed by atoms with Gasteiger partial charge in [0.05, 0.1) is 22.0 Å². The fourth-order valence-electron chi connectivity index (χ4n) is 1.91. The maximum absolute atomic E-state index is 13.0. The first-order chi connectivity index (χ1) is 11.9. The van der Waals surface area contributed by atoms with Gasteiger partial charge in [0.1, 0.15) is 5.82 Å². The number of benzene rings is 1. The Kier molecular flexibility index (Phi) is 6.66. The van der Waals surface area contributed by atoms with Gasteiger partial charge in [-0.25, -0.2) is 4.39 Å². The highest BCUT2D eigenvalue weighted by Gasteiger charge is 2.20. The number of amides is 1. The summed E-state index contributed by atoms with van der Waals surface area (Å²) in [5, 5.41) is 4.26. The average molecular weight is 384 g/mol. The quantitative estimate of drug-likeness (QED) is 0.577. The van der Waals surface area contributed by atoms with Crippen LogP contribution in [-0.4, -0.2) is 23.8 Å². The summed E-state index contributed by atoms with van der Waals surface area (Å²) in [5.74, 6) is -1.94. The van der Waals surface area contributed by atoms with Crippen molar-refractivity contribution in [1.82, 2.24) is 0 Å². The summed E-state index contributed by atoms with van der Waals surface area (Å²) in [6, 6.07) is 6.95. The number of nitrogens with one attached hydrogen (secondary N) is 1. The third-order valence-corrected chi connectivity index (χ3v) is 4.44. The molecule has 1 atom stereocenters. The standard InChI is InChI=1S/C17H15ClFNO4S/c1-10(17(23)20-13-5-4-11(19)9-12(13)18)24-16(22)7-6-14(21)15-3-2-8-25-15/h2-5,8-10H,6-7H2,1H3,(H,20,23). The molecule has 25 heavy (non-hydrogen) atoms. The van der Waals surface area contributed by atoms with Crippen molar-refractivity contribution in [3.05, 3.63) is 51.4 Å². The predicted octanol–water partition coefficient (Wildman–Crippen LogP) is 4.07. The van der Waals surface area contributed by atoms with Crippen molar-refractivity contribution in [2.45, 2.75) is 25.9 Å². The molecule has 1 aromatic carbocycles. The molecule has 1 unspecified atom stereocenters. The number of Topliss-reactive ketones (excluding diaryl/α,β-unsaturated/α-hetero) is 1. The number of ketones is 1. The van der Waals surface area contributed by atoms with Crippen LogP contribution < -0.4 is 5.32 Å². The summed E-state index contributed by atoms with van der Waals surface area (Å²) in [6.45, 7) is 1.39. The topological polar surface area (TPSA) is 72.5 Å². The minimum atomic E-state index is -1.08. The summed E-state index contributed by atoms with van der Waals surface area (Å²) in [5.41, 5.74) is 0.212. The van der Waals surface area contributed by atoms with E-state index in [0.29, 0.717) is 4.88 Å². The SMILES string of the molecule is CC(OC(=O)CCC(=O)c1cccs1)C(=O)Nc1ccc(F)cc1Cl. The van der Waals surface area contributed by atoms with E-state index in [1.165, 1.54) is 24.3 Å². The molecule has 0 aliphatic rings. The second kappa shape index (κ2) is 8.73. The van der Waals surface area contributed by atoms with Crippen molar-refractivity contribution in [3.63, 3.8) is 0 Å². The minimum absolute atomic E-state index is 0.0114. The second-order valence-electron chi connectivity index (χ2n) is 5.15. The zero-order valence-corrected chi connectivity index (χ0v) is 14.8. The Morgan fingerprint density at radius 3 is 2.68 bits per heavy atom. The molecular weight excluding hydrogens is 369 g/mol. The van der Waals surface area contributed by atoms with Gasteiger partial charge < -0.3 is 10.1 Å². The molecular formula is C17H15ClFNO4S. The molecule has 1 heterocycles. The number of esters is 1. The van der Waals surface area contributed by atoms with Gasteiger partial charge in [0.15, 0.2) is 11.9 Å². The van der Waals surface area contributed by atoms with E-state index in [0.717, 1.165) is 12.1 Å². The first-order valence-corrected chi connectivity index (χ1v) is 8.64. The van der Waals surface area contributed by atoms with E-state index in [4.69, 9.17) is 16.3 Å². The largest absolute Gasteiger partial charge is 0.453 e. The molecule has 0 spiro atoms. The number of rotatable bonds is 7. The Labute approximate surface area is 152 Å². The van der Waals surface area contributed by atoms with Crippen LogP contribution in [0.1, 0.15) is 29.4 Å². The van der Waals surface area contributed by atoms with Gasteiger partial charge in [0, 0.05) is 6.42 Å². The monoisotopic (exact) mass is 383 g/mol. The molecule has 5 nitrogen and oxygen atoms in total. The molecule has 8 heteroatoms. The van der Waals surface area contributed by atoms with Crippen LogP contribution in [0.5, 0.6) is 0 Å². The van der Waals surface area contributed by atoms with Gasteiger partial charge in [0.25, 0.3) is 5.91 Å². The fourth-order valence-corrected chi connectivity index (χ4v) is 2.82. The van der Waals surface area contributed by atoms with E-state index in [2.05, 4.69) is 5.32 Å². The van der Waals surface area contributed by atoms with E-state index >= 15 is 0 Å². The van der Waals surface area contributed by atoms with Crippen molar-refractivity contribution in [1.29, 1.82) is 0 Å². The Balaban J connectivity index is 1.81. The van der Waals surface area contributed by atoms with E-state index < -0.39 is 23.8 Å². The van der Waals surface area contributed by atoms with Crippen LogP contribution in [0.3, 0.4) is 0 Å². The molecule has 0 bridgehead atoms. The number of ether oxygens (including phenoxy) is 1. The molecule has 0 saturated heterocycles. The Hall–Kier alpha value is -2.25. The lowest BCUT2D eigenvalue weighted by atomic mass is 10.2. The third-order valence-electron chi connectivity index (χ3n) is 3.22. The Morgan fingerprint density at radius 2 is 2.04 bits per heavy atom. The van der Waals surface area contributed by atoms with Gasteiger partial charge in [0.2, 0.25) is 0 Å². The van der Waals surface area contributed by atoms with E-state index in [9.17, 15) is 18.8 Å². The zero-order valence-electron chi connectivity index (χ0n) is 13.3. The number of hydrogen-bond acceptors (Lipinski definition) is 5. The molecule has 1 N–H and O–H groups in total. The molecule has 2 aromatic rings. The van der Waals surface area contributed by atoms with E-state index in [1.54, 1.807) is 17.5 Å². The molecule has 0 aliphatic heterocycles. The first-order valence-electron chi connectivity index (χ1n) is 7.39. The number of carbonyl (C=O) groups excluding carboxylic acids is 3. The summed E-state index contributed by atoms with van der Waals surface area (Å²) in [4.78, 5) is 36.2. The smallest absolute Gasteiger partial charge is 0.307 e. The van der Waals surface area contributed by atoms with E-state index in [1.807, 2.05) is 0 Å². The van der Waals surface area contributed by atoms with Gasteiger partial charge >= 0.3 is 5.97 Å². The number of thiophene rings is 1. The van der Waals surface area contributed by atoms with Gasteiger partial charge in [-0.15, -0.1) is 11.3 Å². The van der Waals surface area contributed by atoms with E-state index in [-0.39, 0.29) is 29.3 Å². The lowest BCUT2D eigenvalue weighted by molar-refractivity contribution is -0.153. The fraction of sp³-hybridized carbons (Fsp3) is 0.235. The summed E-state index contributed by atoms with van der Waals surface area (Å²) >= 11 is 7.12. The number of anilines is 1. The average Bonchev–Trinajstić information content (AvgIpc) is 3.09. The molecule has 0 saturated carbocycles. The molecule has 1 aromatic heterocycles. The summed E-state index contributed by atoms with van der Waals surface area (Å²) in [6.07, 6.45) is -1.19. The number of halogens is 2. The van der Waals surface area contributed by atoms with Gasteiger partial charge in [-0.2, -0.15) is 0 Å². The highest BCUT2D eigenvalue weighted by molar-refractivity contribution is 7.12. The highest BCUT2D eigenvalue weighted by atomic mass is 35.5. The van der Waals surface area contributed by atoms with Crippen molar-refractivity contribution in [3.8, 4) is 0 Å². The molecule has 132 valence electrons. The van der Waals surface area contributed by atoms with Gasteiger partial charge in [-0.05, 0) is 36.6 Å². The predicted molar refractivity (Wildman–Crippen MR) is 93.5 cm³/mol. The molecule has 0 fully saturated rings. The molecule has 2 rings (SSSR count). The Morgan fingerprint density at radius 1 is 1.28 bits per heavy atom. The number of hydrogen-bond donors (Lipinski definition) is 1. The minimum Gasteiger partial charge on any atom is -0.453 e. The van der Waals surface area contributed by atoms with Crippen LogP contribution >= 0.6 is 22.9 Å². The van der Waals surface area contributed by atoms with Crippen LogP contribution in [-0.2, 0) is 14.3 Å². The number of carbonyl (C=O) groups is 3. The lowest BCUT2D eigenvalue weighted by Gasteiger charge is -2.14. The zero-order chi connectivity index (χ0) is 18.4. The summed E-state index contributed by atoms with van der Waals surface area (Å²) < 4.78 is 18.0. The molecule has 0 aliphatic carbocycles. The highest BCUT2D eigenvalue weighted by Crippen LogP contribution is 2.22. The maximum Gasteiger partial charge on any atom is 0.307 e. The van der Waals surface area contributed by atoms with Crippen LogP contribution in [0, 0.1) is 5.82 Å². The summed E-state index contributed by atoms with van der Waals surface area (Å²) in [7, 11) is 0. The van der Waals surface area contributed by atoms with Crippen LogP contribution in [0.15, 0.2) is 35.7 Å². The molecule has 1 amide bonds. The normalized spacial score (nSPS) is 11.6. The lowest BCUT2D eigenvalue weighted by Crippen LogP contribution is -2.30. The van der Waals surface area contributed by atoms with Crippen LogP contribution in [0.25, 0.3) is 0 Å². The third kappa shape index (κ3) is 5.65. The first kappa shape index (κ1) is 19.1. The molecule has 0 radical (unpaired) electrons. The maximum atomic E-state index is 13.0. The van der Waals surface area contributed by atoms with Crippen molar-refractivity contribution in [2.75, 3.05) is 5.32 Å². The Bertz CT molecular complexity index is 779. The second-order valence-corrected chi connectivity index (χ2v) is 6.50. The van der Waals surface area contributed by atoms with Crippen molar-refractivity contribution >= 4 is 46.3 Å². The van der Waals surface area contributed by atoms with Gasteiger partial charge in [-0.3, -0.25) is 14.4 Å².